The molecule has 0 saturated heterocycles. The number of fused-ring (bicyclic) bond motifs is 1. The summed E-state index contributed by atoms with van der Waals surface area (Å²) in [5.41, 5.74) is 2.30. The van der Waals surface area contributed by atoms with Crippen molar-refractivity contribution in [1.29, 1.82) is 0 Å². The molecule has 0 fully saturated rings. The number of hydrogen-bond acceptors (Lipinski definition) is 3. The second-order valence-electron chi connectivity index (χ2n) is 4.90. The van der Waals surface area contributed by atoms with E-state index in [4.69, 9.17) is 14.2 Å². The third-order valence-electron chi connectivity index (χ3n) is 3.73. The first-order valence-electron chi connectivity index (χ1n) is 6.73. The van der Waals surface area contributed by atoms with E-state index >= 15 is 0 Å². The zero-order chi connectivity index (χ0) is 13.9. The van der Waals surface area contributed by atoms with Crippen molar-refractivity contribution in [2.75, 3.05) is 14.2 Å². The molecule has 2 aromatic carbocycles. The summed E-state index contributed by atoms with van der Waals surface area (Å²) < 4.78 is 16.9. The maximum atomic E-state index is 6.13. The largest absolute Gasteiger partial charge is 0.497 e. The fourth-order valence-corrected chi connectivity index (χ4v) is 2.61. The van der Waals surface area contributed by atoms with E-state index in [1.54, 1.807) is 14.2 Å². The molecule has 0 N–H and O–H groups in total. The molecule has 0 spiro atoms. The molecule has 0 saturated carbocycles. The summed E-state index contributed by atoms with van der Waals surface area (Å²) in [5.74, 6) is 1.79. The Bertz CT molecular complexity index is 577. The number of rotatable bonds is 3. The van der Waals surface area contributed by atoms with Gasteiger partial charge >= 0.3 is 0 Å². The van der Waals surface area contributed by atoms with Gasteiger partial charge in [0.05, 0.1) is 7.11 Å². The van der Waals surface area contributed by atoms with Crippen LogP contribution in [0.1, 0.15) is 17.2 Å². The Labute approximate surface area is 119 Å². The first-order chi connectivity index (χ1) is 9.81. The van der Waals surface area contributed by atoms with Crippen molar-refractivity contribution >= 4 is 0 Å². The van der Waals surface area contributed by atoms with E-state index in [0.717, 1.165) is 23.5 Å². The summed E-state index contributed by atoms with van der Waals surface area (Å²) >= 11 is 0. The fraction of sp³-hybridized carbons (Fsp3) is 0.294. The van der Waals surface area contributed by atoms with Crippen molar-refractivity contribution in [2.24, 2.45) is 0 Å². The normalized spacial score (nSPS) is 20.9. The predicted octanol–water partition coefficient (Wildman–Crippen LogP) is 3.39. The van der Waals surface area contributed by atoms with E-state index in [1.807, 2.05) is 42.5 Å². The van der Waals surface area contributed by atoms with Crippen LogP contribution in [-0.4, -0.2) is 20.3 Å². The zero-order valence-electron chi connectivity index (χ0n) is 11.7. The number of benzene rings is 2. The Morgan fingerprint density at radius 3 is 2.45 bits per heavy atom. The minimum Gasteiger partial charge on any atom is -0.497 e. The first-order valence-corrected chi connectivity index (χ1v) is 6.73. The van der Waals surface area contributed by atoms with Crippen molar-refractivity contribution in [1.82, 2.24) is 0 Å². The zero-order valence-corrected chi connectivity index (χ0v) is 11.7. The number of ether oxygens (including phenoxy) is 3. The minimum atomic E-state index is -0.0826. The SMILES string of the molecule is COc1ccc(C2Oc3ccccc3CC2OC)cc1. The van der Waals surface area contributed by atoms with Crippen LogP contribution in [0.4, 0.5) is 0 Å². The maximum Gasteiger partial charge on any atom is 0.150 e. The number of para-hydroxylation sites is 1. The summed E-state index contributed by atoms with van der Waals surface area (Å²) in [7, 11) is 3.40. The molecule has 0 radical (unpaired) electrons. The lowest BCUT2D eigenvalue weighted by Gasteiger charge is -2.33. The fourth-order valence-electron chi connectivity index (χ4n) is 2.61. The van der Waals surface area contributed by atoms with Crippen LogP contribution < -0.4 is 9.47 Å². The van der Waals surface area contributed by atoms with Gasteiger partial charge in [0.25, 0.3) is 0 Å². The van der Waals surface area contributed by atoms with Crippen molar-refractivity contribution in [3.8, 4) is 11.5 Å². The molecule has 0 aromatic heterocycles. The average molecular weight is 270 g/mol. The number of methoxy groups -OCH3 is 2. The van der Waals surface area contributed by atoms with Gasteiger partial charge in [-0.1, -0.05) is 30.3 Å². The van der Waals surface area contributed by atoms with Crippen LogP contribution in [-0.2, 0) is 11.2 Å². The molecule has 104 valence electrons. The predicted molar refractivity (Wildman–Crippen MR) is 77.3 cm³/mol. The molecule has 0 aliphatic carbocycles. The lowest BCUT2D eigenvalue weighted by molar-refractivity contribution is -0.0114. The Morgan fingerprint density at radius 1 is 1.00 bits per heavy atom. The van der Waals surface area contributed by atoms with Gasteiger partial charge in [0.15, 0.2) is 6.10 Å². The highest BCUT2D eigenvalue weighted by Crippen LogP contribution is 2.36. The summed E-state index contributed by atoms with van der Waals surface area (Å²) in [6, 6.07) is 16.1. The highest BCUT2D eigenvalue weighted by molar-refractivity contribution is 5.38. The van der Waals surface area contributed by atoms with Gasteiger partial charge in [0, 0.05) is 13.5 Å². The van der Waals surface area contributed by atoms with Crippen LogP contribution >= 0.6 is 0 Å². The second kappa shape index (κ2) is 5.55. The van der Waals surface area contributed by atoms with Crippen molar-refractivity contribution in [3.05, 3.63) is 59.7 Å². The van der Waals surface area contributed by atoms with Crippen molar-refractivity contribution in [3.63, 3.8) is 0 Å². The summed E-state index contributed by atoms with van der Waals surface area (Å²) in [6.07, 6.45) is 0.808. The van der Waals surface area contributed by atoms with Gasteiger partial charge in [-0.3, -0.25) is 0 Å². The van der Waals surface area contributed by atoms with Gasteiger partial charge in [-0.2, -0.15) is 0 Å². The molecular weight excluding hydrogens is 252 g/mol. The molecule has 2 aromatic rings. The summed E-state index contributed by atoms with van der Waals surface area (Å²) in [6.45, 7) is 0. The van der Waals surface area contributed by atoms with Crippen LogP contribution in [0.2, 0.25) is 0 Å². The third kappa shape index (κ3) is 2.37. The van der Waals surface area contributed by atoms with Crippen LogP contribution in [0.3, 0.4) is 0 Å². The Hall–Kier alpha value is -2.00. The topological polar surface area (TPSA) is 27.7 Å². The van der Waals surface area contributed by atoms with Crippen molar-refractivity contribution in [2.45, 2.75) is 18.6 Å². The average Bonchev–Trinajstić information content (AvgIpc) is 2.53. The van der Waals surface area contributed by atoms with Gasteiger partial charge < -0.3 is 14.2 Å². The van der Waals surface area contributed by atoms with Crippen LogP contribution in [0, 0.1) is 0 Å². The quantitative estimate of drug-likeness (QED) is 0.855. The molecule has 0 amide bonds. The molecule has 2 atom stereocenters. The van der Waals surface area contributed by atoms with Gasteiger partial charge in [-0.15, -0.1) is 0 Å². The van der Waals surface area contributed by atoms with E-state index in [-0.39, 0.29) is 12.2 Å². The molecule has 20 heavy (non-hydrogen) atoms. The van der Waals surface area contributed by atoms with Gasteiger partial charge in [0.1, 0.15) is 17.6 Å². The standard InChI is InChI=1S/C17H18O3/c1-18-14-9-7-12(8-10-14)17-16(19-2)11-13-5-3-4-6-15(13)20-17/h3-10,16-17H,11H2,1-2H3. The van der Waals surface area contributed by atoms with E-state index in [2.05, 4.69) is 6.07 Å². The highest BCUT2D eigenvalue weighted by Gasteiger charge is 2.31. The summed E-state index contributed by atoms with van der Waals surface area (Å²) in [4.78, 5) is 0. The maximum absolute atomic E-state index is 6.13. The molecule has 2 unspecified atom stereocenters. The molecule has 3 rings (SSSR count). The van der Waals surface area contributed by atoms with E-state index in [1.165, 1.54) is 5.56 Å². The summed E-state index contributed by atoms with van der Waals surface area (Å²) in [5, 5.41) is 0. The molecule has 3 nitrogen and oxygen atoms in total. The first kappa shape index (κ1) is 13.0. The van der Waals surface area contributed by atoms with Gasteiger partial charge in [-0.25, -0.2) is 0 Å². The van der Waals surface area contributed by atoms with Crippen molar-refractivity contribution < 1.29 is 14.2 Å². The van der Waals surface area contributed by atoms with E-state index in [9.17, 15) is 0 Å². The number of hydrogen-bond donors (Lipinski definition) is 0. The van der Waals surface area contributed by atoms with Crippen LogP contribution in [0.15, 0.2) is 48.5 Å². The molecule has 1 aliphatic heterocycles. The lowest BCUT2D eigenvalue weighted by atomic mass is 9.94. The van der Waals surface area contributed by atoms with Crippen LogP contribution in [0.25, 0.3) is 0 Å². The Kier molecular flexibility index (Phi) is 3.61. The van der Waals surface area contributed by atoms with E-state index in [0.29, 0.717) is 0 Å². The highest BCUT2D eigenvalue weighted by atomic mass is 16.5. The van der Waals surface area contributed by atoms with Gasteiger partial charge in [0.2, 0.25) is 0 Å². The Balaban J connectivity index is 1.91. The second-order valence-corrected chi connectivity index (χ2v) is 4.90. The monoisotopic (exact) mass is 270 g/mol. The lowest BCUT2D eigenvalue weighted by Crippen LogP contribution is -2.32. The molecule has 1 heterocycles. The van der Waals surface area contributed by atoms with Gasteiger partial charge in [-0.05, 0) is 29.3 Å². The third-order valence-corrected chi connectivity index (χ3v) is 3.73. The Morgan fingerprint density at radius 2 is 1.75 bits per heavy atom. The minimum absolute atomic E-state index is 0.0262. The van der Waals surface area contributed by atoms with E-state index < -0.39 is 0 Å². The van der Waals surface area contributed by atoms with Crippen LogP contribution in [0.5, 0.6) is 11.5 Å². The molecule has 3 heteroatoms. The molecule has 0 bridgehead atoms. The molecular formula is C17H18O3. The smallest absolute Gasteiger partial charge is 0.150 e. The molecule has 1 aliphatic rings.